The third kappa shape index (κ3) is 1.94. The fraction of sp³-hybridized carbons (Fsp3) is 1.00. The molecule has 0 aromatic heterocycles. The van der Waals surface area contributed by atoms with Crippen LogP contribution in [0, 0.1) is 5.41 Å². The molecule has 0 unspecified atom stereocenters. The van der Waals surface area contributed by atoms with Crippen molar-refractivity contribution in [3.8, 4) is 0 Å². The third-order valence-corrected chi connectivity index (χ3v) is 3.00. The van der Waals surface area contributed by atoms with Crippen LogP contribution in [0.15, 0.2) is 0 Å². The van der Waals surface area contributed by atoms with Crippen molar-refractivity contribution in [3.63, 3.8) is 0 Å². The van der Waals surface area contributed by atoms with Crippen LogP contribution in [0.2, 0.25) is 0 Å². The smallest absolute Gasteiger partial charge is 0.0319 e. The summed E-state index contributed by atoms with van der Waals surface area (Å²) in [7, 11) is 1.00. The Labute approximate surface area is 69.0 Å². The van der Waals surface area contributed by atoms with E-state index in [4.69, 9.17) is 5.11 Å². The van der Waals surface area contributed by atoms with E-state index in [0.717, 1.165) is 12.5 Å². The molecule has 1 aliphatic heterocycles. The predicted octanol–water partition coefficient (Wildman–Crippen LogP) is 1.15. The normalized spacial score (nSPS) is 26.7. The van der Waals surface area contributed by atoms with E-state index in [-0.39, 0.29) is 0 Å². The van der Waals surface area contributed by atoms with E-state index >= 15 is 0 Å². The Hall–Kier alpha value is -0.0800. The van der Waals surface area contributed by atoms with Crippen molar-refractivity contribution < 1.29 is 5.11 Å². The molecule has 0 aromatic carbocycles. The predicted molar refractivity (Wildman–Crippen MR) is 46.5 cm³/mol. The lowest BCUT2D eigenvalue weighted by Crippen LogP contribution is -2.19. The molecular formula is C9H19NO. The van der Waals surface area contributed by atoms with Gasteiger partial charge in [0.15, 0.2) is 0 Å². The summed E-state index contributed by atoms with van der Waals surface area (Å²) >= 11 is 0. The molecule has 2 fully saturated rings. The highest BCUT2D eigenvalue weighted by molar-refractivity contribution is 4.91. The molecule has 66 valence electrons. The van der Waals surface area contributed by atoms with Crippen LogP contribution in [-0.4, -0.2) is 25.3 Å². The maximum atomic E-state index is 7.00. The molecule has 2 aliphatic rings. The molecule has 2 nitrogen and oxygen atoms in total. The van der Waals surface area contributed by atoms with Gasteiger partial charge in [-0.15, -0.1) is 0 Å². The molecule has 1 saturated carbocycles. The van der Waals surface area contributed by atoms with Crippen LogP contribution in [0.3, 0.4) is 0 Å². The average molecular weight is 157 g/mol. The number of hydrogen-bond acceptors (Lipinski definition) is 2. The van der Waals surface area contributed by atoms with Crippen molar-refractivity contribution in [1.29, 1.82) is 0 Å². The number of hydrogen-bond donors (Lipinski definition) is 2. The van der Waals surface area contributed by atoms with Crippen molar-refractivity contribution in [1.82, 2.24) is 5.32 Å². The van der Waals surface area contributed by atoms with Crippen molar-refractivity contribution in [2.45, 2.75) is 32.1 Å². The second kappa shape index (κ2) is 4.07. The molecular weight excluding hydrogens is 138 g/mol. The van der Waals surface area contributed by atoms with Crippen LogP contribution in [-0.2, 0) is 0 Å². The van der Waals surface area contributed by atoms with Gasteiger partial charge in [-0.2, -0.15) is 0 Å². The maximum Gasteiger partial charge on any atom is 0.0319 e. The highest BCUT2D eigenvalue weighted by Crippen LogP contribution is 2.42. The van der Waals surface area contributed by atoms with Gasteiger partial charge >= 0.3 is 0 Å². The second-order valence-corrected chi connectivity index (χ2v) is 3.63. The summed E-state index contributed by atoms with van der Waals surface area (Å²) in [5.41, 5.74) is 0.778. The van der Waals surface area contributed by atoms with Crippen molar-refractivity contribution in [2.24, 2.45) is 5.41 Å². The van der Waals surface area contributed by atoms with E-state index in [1.54, 1.807) is 0 Å². The summed E-state index contributed by atoms with van der Waals surface area (Å²) in [6, 6.07) is 0. The van der Waals surface area contributed by atoms with Crippen molar-refractivity contribution in [2.75, 3.05) is 20.2 Å². The minimum absolute atomic E-state index is 0.778. The van der Waals surface area contributed by atoms with Gasteiger partial charge in [-0.25, -0.2) is 0 Å². The van der Waals surface area contributed by atoms with E-state index in [9.17, 15) is 0 Å². The average Bonchev–Trinajstić information content (AvgIpc) is 2.69. The number of aliphatic hydroxyl groups is 1. The van der Waals surface area contributed by atoms with E-state index in [0.29, 0.717) is 0 Å². The molecule has 1 saturated heterocycles. The fourth-order valence-corrected chi connectivity index (χ4v) is 2.35. The first kappa shape index (κ1) is 9.01. The Morgan fingerprint density at radius 2 is 1.73 bits per heavy atom. The van der Waals surface area contributed by atoms with Gasteiger partial charge in [-0.1, -0.05) is 12.8 Å². The zero-order valence-corrected chi connectivity index (χ0v) is 7.40. The molecule has 0 bridgehead atoms. The molecule has 2 N–H and O–H groups in total. The Morgan fingerprint density at radius 3 is 2.18 bits per heavy atom. The molecule has 0 aromatic rings. The molecule has 11 heavy (non-hydrogen) atoms. The largest absolute Gasteiger partial charge is 0.400 e. The van der Waals surface area contributed by atoms with Gasteiger partial charge in [-0.05, 0) is 31.2 Å². The van der Waals surface area contributed by atoms with Crippen LogP contribution in [0.25, 0.3) is 0 Å². The molecule has 0 amide bonds. The van der Waals surface area contributed by atoms with Crippen molar-refractivity contribution >= 4 is 0 Å². The quantitative estimate of drug-likeness (QED) is 0.553. The van der Waals surface area contributed by atoms with Gasteiger partial charge in [0.1, 0.15) is 0 Å². The molecule has 0 atom stereocenters. The zero-order chi connectivity index (χ0) is 8.16. The summed E-state index contributed by atoms with van der Waals surface area (Å²) in [5, 5.41) is 10.5. The van der Waals surface area contributed by atoms with Gasteiger partial charge in [0, 0.05) is 13.7 Å². The summed E-state index contributed by atoms with van der Waals surface area (Å²) < 4.78 is 0. The highest BCUT2D eigenvalue weighted by atomic mass is 16.2. The van der Waals surface area contributed by atoms with E-state index in [2.05, 4.69) is 5.32 Å². The van der Waals surface area contributed by atoms with Gasteiger partial charge in [-0.3, -0.25) is 0 Å². The standard InChI is InChI=1S/C8H15N.CH4O/c1-2-4-8(3-1)5-6-9-7-8;1-2/h9H,1-7H2;2H,1H3. The van der Waals surface area contributed by atoms with Gasteiger partial charge in [0.05, 0.1) is 0 Å². The lowest BCUT2D eigenvalue weighted by atomic mass is 9.86. The minimum atomic E-state index is 0.778. The number of rotatable bonds is 0. The first-order chi connectivity index (χ1) is 5.41. The van der Waals surface area contributed by atoms with Crippen LogP contribution in [0.1, 0.15) is 32.1 Å². The van der Waals surface area contributed by atoms with Crippen LogP contribution >= 0.6 is 0 Å². The topological polar surface area (TPSA) is 32.3 Å². The monoisotopic (exact) mass is 157 g/mol. The van der Waals surface area contributed by atoms with Crippen LogP contribution in [0.5, 0.6) is 0 Å². The SMILES string of the molecule is C1CCC2(C1)CCNC2.CO. The number of aliphatic hydroxyl groups excluding tert-OH is 1. The highest BCUT2D eigenvalue weighted by Gasteiger charge is 2.35. The van der Waals surface area contributed by atoms with Crippen molar-refractivity contribution in [3.05, 3.63) is 0 Å². The lowest BCUT2D eigenvalue weighted by molar-refractivity contribution is 0.336. The maximum absolute atomic E-state index is 7.00. The Morgan fingerprint density at radius 1 is 1.09 bits per heavy atom. The van der Waals surface area contributed by atoms with E-state index < -0.39 is 0 Å². The molecule has 1 aliphatic carbocycles. The van der Waals surface area contributed by atoms with Crippen LogP contribution < -0.4 is 5.32 Å². The molecule has 2 rings (SSSR count). The fourth-order valence-electron chi connectivity index (χ4n) is 2.35. The van der Waals surface area contributed by atoms with E-state index in [1.807, 2.05) is 0 Å². The molecule has 0 radical (unpaired) electrons. The van der Waals surface area contributed by atoms with Gasteiger partial charge in [0.25, 0.3) is 0 Å². The molecule has 1 heterocycles. The summed E-state index contributed by atoms with van der Waals surface area (Å²) in [6.45, 7) is 2.59. The number of nitrogens with one attached hydrogen (secondary N) is 1. The first-order valence-corrected chi connectivity index (χ1v) is 4.57. The Kier molecular flexibility index (Phi) is 3.34. The Bertz CT molecular complexity index is 84.6. The lowest BCUT2D eigenvalue weighted by Gasteiger charge is -2.19. The van der Waals surface area contributed by atoms with Gasteiger partial charge in [0.2, 0.25) is 0 Å². The first-order valence-electron chi connectivity index (χ1n) is 4.57. The molecule has 2 heteroatoms. The van der Waals surface area contributed by atoms with Gasteiger partial charge < -0.3 is 10.4 Å². The minimum Gasteiger partial charge on any atom is -0.400 e. The van der Waals surface area contributed by atoms with E-state index in [1.165, 1.54) is 45.2 Å². The summed E-state index contributed by atoms with van der Waals surface area (Å²) in [4.78, 5) is 0. The Balaban J connectivity index is 0.000000281. The van der Waals surface area contributed by atoms with Crippen LogP contribution in [0.4, 0.5) is 0 Å². The third-order valence-electron chi connectivity index (χ3n) is 3.00. The molecule has 1 spiro atoms. The summed E-state index contributed by atoms with van der Waals surface area (Å²) in [5.74, 6) is 0. The zero-order valence-electron chi connectivity index (χ0n) is 7.40. The second-order valence-electron chi connectivity index (χ2n) is 3.63. The summed E-state index contributed by atoms with van der Waals surface area (Å²) in [6.07, 6.45) is 7.43.